The molecule has 2 aromatic rings. The van der Waals surface area contributed by atoms with Crippen LogP contribution in [0.1, 0.15) is 26.3 Å². The van der Waals surface area contributed by atoms with Crippen LogP contribution in [0.25, 0.3) is 0 Å². The number of aryl methyl sites for hydroxylation is 1. The number of rotatable bonds is 5. The molecule has 1 aromatic carbocycles. The Bertz CT molecular complexity index is 850. The van der Waals surface area contributed by atoms with Gasteiger partial charge in [0.1, 0.15) is 0 Å². The zero-order valence-electron chi connectivity index (χ0n) is 12.0. The summed E-state index contributed by atoms with van der Waals surface area (Å²) in [6, 6.07) is 6.64. The van der Waals surface area contributed by atoms with Crippen molar-refractivity contribution in [1.29, 1.82) is 0 Å². The van der Waals surface area contributed by atoms with Crippen LogP contribution >= 0.6 is 0 Å². The van der Waals surface area contributed by atoms with Gasteiger partial charge in [0.25, 0.3) is 15.9 Å². The van der Waals surface area contributed by atoms with Gasteiger partial charge in [0.2, 0.25) is 0 Å². The number of carboxylic acids is 1. The Morgan fingerprint density at radius 2 is 1.96 bits per heavy atom. The summed E-state index contributed by atoms with van der Waals surface area (Å²) in [5.41, 5.74) is 2.50. The molecule has 1 amide bonds. The lowest BCUT2D eigenvalue weighted by Crippen LogP contribution is -2.41. The van der Waals surface area contributed by atoms with Gasteiger partial charge in [-0.15, -0.1) is 4.83 Å². The number of amides is 1. The summed E-state index contributed by atoms with van der Waals surface area (Å²) in [7, 11) is -4.10. The van der Waals surface area contributed by atoms with Gasteiger partial charge in [-0.05, 0) is 36.8 Å². The lowest BCUT2D eigenvalue weighted by Gasteiger charge is -2.09. The second-order valence-electron chi connectivity index (χ2n) is 4.58. The van der Waals surface area contributed by atoms with Gasteiger partial charge in [0.05, 0.1) is 16.0 Å². The van der Waals surface area contributed by atoms with Crippen LogP contribution in [0.5, 0.6) is 0 Å². The molecule has 1 heterocycles. The number of benzene rings is 1. The number of pyridine rings is 1. The largest absolute Gasteiger partial charge is 0.478 e. The second kappa shape index (κ2) is 6.55. The van der Waals surface area contributed by atoms with Crippen LogP contribution in [-0.2, 0) is 10.0 Å². The molecule has 0 aliphatic heterocycles. The highest BCUT2D eigenvalue weighted by Gasteiger charge is 2.18. The smallest absolute Gasteiger partial charge is 0.335 e. The Hall–Kier alpha value is -2.78. The first-order valence-electron chi connectivity index (χ1n) is 6.37. The first kappa shape index (κ1) is 16.6. The number of hydrogen-bond acceptors (Lipinski definition) is 5. The summed E-state index contributed by atoms with van der Waals surface area (Å²) < 4.78 is 24.2. The van der Waals surface area contributed by atoms with E-state index in [9.17, 15) is 18.0 Å². The average Bonchev–Trinajstić information content (AvgIpc) is 2.53. The minimum atomic E-state index is -4.10. The third-order valence-corrected chi connectivity index (χ3v) is 4.22. The molecular weight excluding hydrogens is 322 g/mol. The maximum absolute atomic E-state index is 12.1. The Balaban J connectivity index is 2.18. The van der Waals surface area contributed by atoms with Gasteiger partial charge in [-0.25, -0.2) is 13.2 Å². The van der Waals surface area contributed by atoms with E-state index in [4.69, 9.17) is 5.11 Å². The molecule has 0 atom stereocenters. The predicted molar refractivity (Wildman–Crippen MR) is 80.2 cm³/mol. The van der Waals surface area contributed by atoms with Crippen molar-refractivity contribution < 1.29 is 23.1 Å². The third-order valence-electron chi connectivity index (χ3n) is 2.97. The molecular formula is C14H13N3O5S. The molecule has 1 aromatic heterocycles. The lowest BCUT2D eigenvalue weighted by molar-refractivity contribution is 0.0695. The molecule has 0 fully saturated rings. The van der Waals surface area contributed by atoms with E-state index < -0.39 is 21.9 Å². The van der Waals surface area contributed by atoms with Crippen molar-refractivity contribution in [3.8, 4) is 0 Å². The van der Waals surface area contributed by atoms with Crippen LogP contribution in [0.2, 0.25) is 0 Å². The molecule has 0 radical (unpaired) electrons. The number of carbonyl (C=O) groups is 2. The monoisotopic (exact) mass is 335 g/mol. The predicted octanol–water partition coefficient (Wildman–Crippen LogP) is 0.712. The van der Waals surface area contributed by atoms with E-state index in [1.165, 1.54) is 36.7 Å². The molecule has 0 aliphatic rings. The molecule has 2 rings (SSSR count). The normalized spacial score (nSPS) is 11.0. The number of sulfonamides is 1. The number of aromatic carboxylic acids is 1. The van der Waals surface area contributed by atoms with Gasteiger partial charge in [0.15, 0.2) is 0 Å². The fraction of sp³-hybridized carbons (Fsp3) is 0.0714. The number of carboxylic acid groups (broad SMARTS) is 1. The molecule has 120 valence electrons. The van der Waals surface area contributed by atoms with Gasteiger partial charge >= 0.3 is 5.97 Å². The number of hydrazine groups is 1. The molecule has 0 unspecified atom stereocenters. The lowest BCUT2D eigenvalue weighted by atomic mass is 10.1. The van der Waals surface area contributed by atoms with E-state index in [-0.39, 0.29) is 16.0 Å². The van der Waals surface area contributed by atoms with E-state index in [0.717, 1.165) is 6.07 Å². The van der Waals surface area contributed by atoms with E-state index in [2.05, 4.69) is 4.98 Å². The van der Waals surface area contributed by atoms with E-state index in [1.54, 1.807) is 6.92 Å². The minimum absolute atomic E-state index is 0.133. The van der Waals surface area contributed by atoms with Gasteiger partial charge < -0.3 is 5.11 Å². The Labute approximate surface area is 132 Å². The highest BCUT2D eigenvalue weighted by Crippen LogP contribution is 2.15. The molecule has 23 heavy (non-hydrogen) atoms. The Morgan fingerprint density at radius 1 is 1.22 bits per heavy atom. The van der Waals surface area contributed by atoms with E-state index in [0.29, 0.717) is 5.56 Å². The van der Waals surface area contributed by atoms with Crippen LogP contribution < -0.4 is 10.3 Å². The molecule has 0 spiro atoms. The first-order valence-corrected chi connectivity index (χ1v) is 7.86. The van der Waals surface area contributed by atoms with Gasteiger partial charge in [-0.2, -0.15) is 0 Å². The van der Waals surface area contributed by atoms with E-state index in [1.807, 2.05) is 10.3 Å². The molecule has 0 aliphatic carbocycles. The van der Waals surface area contributed by atoms with Gasteiger partial charge in [-0.3, -0.25) is 15.2 Å². The quantitative estimate of drug-likeness (QED) is 0.691. The number of aromatic nitrogens is 1. The van der Waals surface area contributed by atoms with Crippen molar-refractivity contribution in [1.82, 2.24) is 15.2 Å². The summed E-state index contributed by atoms with van der Waals surface area (Å²) >= 11 is 0. The second-order valence-corrected chi connectivity index (χ2v) is 6.27. The summed E-state index contributed by atoms with van der Waals surface area (Å²) in [6.45, 7) is 1.55. The number of hydrogen-bond donors (Lipinski definition) is 3. The van der Waals surface area contributed by atoms with Crippen LogP contribution in [0.3, 0.4) is 0 Å². The number of nitrogens with zero attached hydrogens (tertiary/aromatic N) is 1. The van der Waals surface area contributed by atoms with Crippen LogP contribution in [-0.4, -0.2) is 30.4 Å². The third kappa shape index (κ3) is 3.90. The van der Waals surface area contributed by atoms with Crippen molar-refractivity contribution in [2.45, 2.75) is 11.8 Å². The highest BCUT2D eigenvalue weighted by atomic mass is 32.2. The van der Waals surface area contributed by atoms with Crippen LogP contribution in [0.15, 0.2) is 47.6 Å². The summed E-state index contributed by atoms with van der Waals surface area (Å²) in [5, 5.41) is 9.03. The molecule has 9 heteroatoms. The summed E-state index contributed by atoms with van der Waals surface area (Å²) in [4.78, 5) is 28.2. The zero-order valence-corrected chi connectivity index (χ0v) is 12.8. The van der Waals surface area contributed by atoms with Crippen molar-refractivity contribution in [2.75, 3.05) is 0 Å². The molecule has 8 nitrogen and oxygen atoms in total. The zero-order chi connectivity index (χ0) is 17.0. The van der Waals surface area contributed by atoms with Crippen molar-refractivity contribution in [2.24, 2.45) is 0 Å². The molecule has 0 saturated heterocycles. The first-order chi connectivity index (χ1) is 10.8. The maximum Gasteiger partial charge on any atom is 0.335 e. The molecule has 0 saturated carbocycles. The molecule has 0 bridgehead atoms. The average molecular weight is 335 g/mol. The van der Waals surface area contributed by atoms with Crippen molar-refractivity contribution in [3.63, 3.8) is 0 Å². The van der Waals surface area contributed by atoms with Crippen molar-refractivity contribution >= 4 is 21.9 Å². The van der Waals surface area contributed by atoms with E-state index >= 15 is 0 Å². The molecule has 3 N–H and O–H groups in total. The van der Waals surface area contributed by atoms with Crippen molar-refractivity contribution in [3.05, 3.63) is 59.4 Å². The topological polar surface area (TPSA) is 125 Å². The van der Waals surface area contributed by atoms with Crippen LogP contribution in [0.4, 0.5) is 0 Å². The van der Waals surface area contributed by atoms with Gasteiger partial charge in [-0.1, -0.05) is 6.07 Å². The Morgan fingerprint density at radius 3 is 2.57 bits per heavy atom. The van der Waals surface area contributed by atoms with Crippen LogP contribution in [0, 0.1) is 6.92 Å². The number of carbonyl (C=O) groups excluding carboxylic acids is 1. The van der Waals surface area contributed by atoms with Gasteiger partial charge in [0, 0.05) is 12.4 Å². The maximum atomic E-state index is 12.1. The summed E-state index contributed by atoms with van der Waals surface area (Å²) in [5.74, 6) is -1.92. The SMILES string of the molecule is Cc1ccc(S(=O)(=O)NNC(=O)c2cccnc2)cc1C(=O)O. The minimum Gasteiger partial charge on any atom is -0.478 e. The Kier molecular flexibility index (Phi) is 4.72. The standard InChI is InChI=1S/C14H13N3O5S/c1-9-4-5-11(7-12(9)14(19)20)23(21,22)17-16-13(18)10-3-2-6-15-8-10/h2-8,17H,1H3,(H,16,18)(H,19,20). The fourth-order valence-electron chi connectivity index (χ4n) is 1.74. The fourth-order valence-corrected chi connectivity index (χ4v) is 2.61. The highest BCUT2D eigenvalue weighted by molar-refractivity contribution is 7.89. The summed E-state index contributed by atoms with van der Waals surface area (Å²) in [6.07, 6.45) is 2.75. The number of nitrogens with one attached hydrogen (secondary N) is 2.